The van der Waals surface area contributed by atoms with Crippen LogP contribution in [-0.4, -0.2) is 162 Å². The lowest BCUT2D eigenvalue weighted by molar-refractivity contribution is -0.136. The number of nitrogens with one attached hydrogen (secondary N) is 3. The number of hydrogen-bond acceptors (Lipinski definition) is 15. The van der Waals surface area contributed by atoms with E-state index in [9.17, 15) is 36.8 Å². The van der Waals surface area contributed by atoms with Crippen molar-refractivity contribution in [3.05, 3.63) is 107 Å². The monoisotopic (exact) mass is 1040 g/mol. The van der Waals surface area contributed by atoms with Gasteiger partial charge in [0, 0.05) is 48.4 Å². The lowest BCUT2D eigenvalue weighted by atomic mass is 10.00. The molecule has 73 heavy (non-hydrogen) atoms. The highest BCUT2D eigenvalue weighted by Crippen LogP contribution is 2.34. The Morgan fingerprint density at radius 2 is 1.41 bits per heavy atom. The molecule has 388 valence electrons. The molecular formula is C49H51F3N6O14S. The van der Waals surface area contributed by atoms with Crippen LogP contribution >= 0.6 is 0 Å². The first-order valence-corrected chi connectivity index (χ1v) is 24.8. The molecular weight excluding hydrogens is 986 g/mol. The number of fused-ring (bicyclic) bond motifs is 2. The van der Waals surface area contributed by atoms with Gasteiger partial charge in [0.1, 0.15) is 48.4 Å². The molecule has 3 N–H and O–H groups in total. The van der Waals surface area contributed by atoms with Gasteiger partial charge in [-0.15, -0.1) is 0 Å². The number of nitrogens with zero attached hydrogens (tertiary/aromatic N) is 3. The van der Waals surface area contributed by atoms with Crippen molar-refractivity contribution in [3.63, 3.8) is 0 Å². The number of ketones is 1. The second-order valence-electron chi connectivity index (χ2n) is 16.7. The Balaban J connectivity index is 0.658. The number of aromatic amines is 1. The number of hydrogen-bond donors (Lipinski definition) is 3. The summed E-state index contributed by atoms with van der Waals surface area (Å²) >= 11 is 0. The minimum Gasteiger partial charge on any atom is -0.491 e. The molecule has 24 heteroatoms. The van der Waals surface area contributed by atoms with Gasteiger partial charge >= 0.3 is 10.2 Å². The van der Waals surface area contributed by atoms with Crippen molar-refractivity contribution in [1.29, 1.82) is 0 Å². The third-order valence-electron chi connectivity index (χ3n) is 11.9. The van der Waals surface area contributed by atoms with Crippen LogP contribution in [-0.2, 0) is 43.5 Å². The van der Waals surface area contributed by atoms with Gasteiger partial charge in [-0.1, -0.05) is 18.2 Å². The lowest BCUT2D eigenvalue weighted by Crippen LogP contribution is -2.54. The second kappa shape index (κ2) is 24.3. The van der Waals surface area contributed by atoms with Crippen LogP contribution in [0, 0.1) is 11.6 Å². The van der Waals surface area contributed by atoms with E-state index in [4.69, 9.17) is 33.2 Å². The molecule has 1 unspecified atom stereocenters. The zero-order valence-electron chi connectivity index (χ0n) is 39.2. The number of aromatic nitrogens is 2. The normalized spacial score (nSPS) is 17.1. The quantitative estimate of drug-likeness (QED) is 0.0376. The maximum Gasteiger partial charge on any atom is 0.301 e. The molecule has 2 atom stereocenters. The van der Waals surface area contributed by atoms with Crippen molar-refractivity contribution < 1.29 is 78.7 Å². The van der Waals surface area contributed by atoms with Crippen molar-refractivity contribution in [2.24, 2.45) is 0 Å². The van der Waals surface area contributed by atoms with Crippen molar-refractivity contribution in [1.82, 2.24) is 24.5 Å². The number of carbonyl (C=O) groups excluding carboxylic acids is 5. The molecule has 0 radical (unpaired) electrons. The fourth-order valence-electron chi connectivity index (χ4n) is 8.19. The average molecular weight is 1040 g/mol. The summed E-state index contributed by atoms with van der Waals surface area (Å²) in [4.78, 5) is 71.8. The summed E-state index contributed by atoms with van der Waals surface area (Å²) < 4.78 is 112. The Morgan fingerprint density at radius 3 is 2.04 bits per heavy atom. The predicted octanol–water partition coefficient (Wildman–Crippen LogP) is 4.38. The number of carbonyl (C=O) groups is 5. The van der Waals surface area contributed by atoms with E-state index in [0.29, 0.717) is 69.7 Å². The zero-order chi connectivity index (χ0) is 51.5. The summed E-state index contributed by atoms with van der Waals surface area (Å²) in [5, 5.41) is 2.45. The minimum atomic E-state index is -4.37. The average Bonchev–Trinajstić information content (AvgIpc) is 4.09. The number of halogens is 3. The highest BCUT2D eigenvalue weighted by atomic mass is 32.2. The molecule has 2 aromatic heterocycles. The van der Waals surface area contributed by atoms with Gasteiger partial charge < -0.3 is 38.1 Å². The third-order valence-corrected chi connectivity index (χ3v) is 13.3. The summed E-state index contributed by atoms with van der Waals surface area (Å²) in [6.07, 6.45) is 1.55. The zero-order valence-corrected chi connectivity index (χ0v) is 40.0. The maximum absolute atomic E-state index is 15.7. The number of benzene rings is 3. The van der Waals surface area contributed by atoms with Crippen LogP contribution in [0.15, 0.2) is 73.1 Å². The number of alkyl halides is 1. The van der Waals surface area contributed by atoms with Crippen molar-refractivity contribution in [2.75, 3.05) is 97.1 Å². The molecule has 3 aromatic carbocycles. The second-order valence-corrected chi connectivity index (χ2v) is 18.4. The molecule has 4 amide bonds. The first-order valence-electron chi connectivity index (χ1n) is 23.3. The van der Waals surface area contributed by atoms with Crippen LogP contribution in [0.2, 0.25) is 0 Å². The summed E-state index contributed by atoms with van der Waals surface area (Å²) in [5.74, 6) is -5.28. The smallest absolute Gasteiger partial charge is 0.301 e. The topological polar surface area (TPSA) is 243 Å². The Bertz CT molecular complexity index is 2940. The molecule has 8 rings (SSSR count). The molecule has 3 aliphatic heterocycles. The van der Waals surface area contributed by atoms with E-state index in [2.05, 4.69) is 15.3 Å². The van der Waals surface area contributed by atoms with E-state index in [1.165, 1.54) is 12.3 Å². The Labute approximate surface area is 416 Å². The van der Waals surface area contributed by atoms with E-state index in [-0.39, 0.29) is 85.7 Å². The molecule has 20 nitrogen and oxygen atoms in total. The largest absolute Gasteiger partial charge is 0.491 e. The van der Waals surface area contributed by atoms with E-state index >= 15 is 8.78 Å². The van der Waals surface area contributed by atoms with E-state index in [0.717, 1.165) is 21.3 Å². The summed E-state index contributed by atoms with van der Waals surface area (Å²) in [6.45, 7) is 3.06. The highest BCUT2D eigenvalue weighted by Gasteiger charge is 2.46. The number of anilines is 1. The standard InChI is InChI=1S/C49H51F3N6O14S/c50-32-12-13-57(29-32)73(64,65)56-38-9-8-37(51)43(44(38)52)45(60)36-28-54-46-35(36)26-31(27-53-46)30-4-6-33(7-5-30)71-24-22-69-20-18-67-16-14-66-15-17-68-19-21-70-23-25-72-40-3-1-2-34-42(40)49(63)58(48(34)62)39-10-11-41(59)55-47(39)61/h1-9,26-28,32,39,56H,10-25,29H2,(H,53,54)(H,55,59,61)/t32-,39?/m1/s1. The summed E-state index contributed by atoms with van der Waals surface area (Å²) in [5.41, 5.74) is 0.0728. The molecule has 5 heterocycles. The predicted molar refractivity (Wildman–Crippen MR) is 253 cm³/mol. The van der Waals surface area contributed by atoms with Gasteiger partial charge in [0.25, 0.3) is 11.8 Å². The number of imide groups is 2. The number of ether oxygens (including phenoxy) is 7. The van der Waals surface area contributed by atoms with Gasteiger partial charge in [0.05, 0.1) is 88.4 Å². The van der Waals surface area contributed by atoms with E-state index < -0.39 is 81.3 Å². The first kappa shape index (κ1) is 52.5. The number of H-pyrrole nitrogens is 1. The third kappa shape index (κ3) is 12.7. The fourth-order valence-corrected chi connectivity index (χ4v) is 9.46. The van der Waals surface area contributed by atoms with Gasteiger partial charge in [-0.25, -0.2) is 18.2 Å². The first-order chi connectivity index (χ1) is 35.3. The van der Waals surface area contributed by atoms with E-state index in [1.54, 1.807) is 48.7 Å². The van der Waals surface area contributed by atoms with Gasteiger partial charge in [-0.05, 0) is 60.9 Å². The summed E-state index contributed by atoms with van der Waals surface area (Å²) in [7, 11) is -4.37. The van der Waals surface area contributed by atoms with Crippen LogP contribution in [0.5, 0.6) is 11.5 Å². The molecule has 5 aromatic rings. The van der Waals surface area contributed by atoms with Gasteiger partial charge in [-0.3, -0.25) is 38.9 Å². The maximum atomic E-state index is 15.7. The van der Waals surface area contributed by atoms with Crippen molar-refractivity contribution in [3.8, 4) is 22.6 Å². The number of piperidine rings is 1. The molecule has 0 aliphatic carbocycles. The SMILES string of the molecule is O=C1CCC(N2C(=O)c3cccc(OCCOCCOCCOCCOCCOCCOc4ccc(-c5cnc6[nH]cc(C(=O)c7c(F)ccc(NS(=O)(=O)N8CC[C@@H](F)C8)c7F)c6c5)cc4)c3C2=O)C(=O)N1. The number of pyridine rings is 1. The Hall–Kier alpha value is -6.80. The molecule has 2 saturated heterocycles. The fraction of sp³-hybridized carbons (Fsp3) is 0.388. The van der Waals surface area contributed by atoms with Crippen LogP contribution in [0.1, 0.15) is 55.9 Å². The van der Waals surface area contributed by atoms with Crippen LogP contribution in [0.4, 0.5) is 18.9 Å². The van der Waals surface area contributed by atoms with Crippen LogP contribution < -0.4 is 19.5 Å². The van der Waals surface area contributed by atoms with Crippen molar-refractivity contribution in [2.45, 2.75) is 31.5 Å². The van der Waals surface area contributed by atoms with E-state index in [1.807, 2.05) is 4.72 Å². The molecule has 0 spiro atoms. The minimum absolute atomic E-state index is 0.0123. The Morgan fingerprint density at radius 1 is 0.767 bits per heavy atom. The van der Waals surface area contributed by atoms with Crippen LogP contribution in [0.3, 0.4) is 0 Å². The van der Waals surface area contributed by atoms with Gasteiger partial charge in [0.15, 0.2) is 5.82 Å². The van der Waals surface area contributed by atoms with Crippen LogP contribution in [0.25, 0.3) is 22.2 Å². The van der Waals surface area contributed by atoms with Gasteiger partial charge in [0.2, 0.25) is 17.6 Å². The summed E-state index contributed by atoms with van der Waals surface area (Å²) in [6, 6.07) is 13.9. The van der Waals surface area contributed by atoms with Gasteiger partial charge in [-0.2, -0.15) is 12.7 Å². The lowest BCUT2D eigenvalue weighted by Gasteiger charge is -2.27. The van der Waals surface area contributed by atoms with Crippen molar-refractivity contribution >= 4 is 56.3 Å². The highest BCUT2D eigenvalue weighted by molar-refractivity contribution is 7.90. The molecule has 0 bridgehead atoms. The Kier molecular flexibility index (Phi) is 17.5. The number of rotatable bonds is 27. The molecule has 0 saturated carbocycles. The molecule has 3 aliphatic rings. The molecule has 2 fully saturated rings. The number of amides is 4.